The van der Waals surface area contributed by atoms with E-state index in [1.165, 1.54) is 0 Å². The first-order valence-electron chi connectivity index (χ1n) is 10.4. The number of carbonyl (C=O) groups excluding carboxylic acids is 1. The average molecular weight is 416 g/mol. The highest BCUT2D eigenvalue weighted by Crippen LogP contribution is 2.50. The summed E-state index contributed by atoms with van der Waals surface area (Å²) in [6.45, 7) is 1.91. The second-order valence-corrected chi connectivity index (χ2v) is 8.00. The number of benzene rings is 2. The summed E-state index contributed by atoms with van der Waals surface area (Å²) in [6.07, 6.45) is 1.18. The smallest absolute Gasteiger partial charge is 0.233 e. The van der Waals surface area contributed by atoms with Crippen LogP contribution in [0.25, 0.3) is 0 Å². The molecule has 0 fully saturated rings. The van der Waals surface area contributed by atoms with E-state index in [2.05, 4.69) is 10.5 Å². The minimum atomic E-state index is -0.266. The Morgan fingerprint density at radius 2 is 1.81 bits per heavy atom. The van der Waals surface area contributed by atoms with Crippen LogP contribution in [0.2, 0.25) is 0 Å². The maximum atomic E-state index is 13.5. The number of nitrogens with one attached hydrogen (secondary N) is 1. The lowest BCUT2D eigenvalue weighted by atomic mass is 9.72. The molecule has 2 atom stereocenters. The van der Waals surface area contributed by atoms with Gasteiger partial charge in [-0.2, -0.15) is 0 Å². The number of Topliss-reactive ketones (excluding diaryl/α,β-unsaturated/α-hetero) is 1. The van der Waals surface area contributed by atoms with E-state index in [1.807, 2.05) is 55.5 Å². The number of ether oxygens (including phenoxy) is 2. The minimum Gasteiger partial charge on any atom is -0.497 e. The number of rotatable bonds is 4. The first kappa shape index (κ1) is 19.4. The summed E-state index contributed by atoms with van der Waals surface area (Å²) < 4.78 is 16.5. The molecular weight excluding hydrogens is 392 g/mol. The Labute approximate surface area is 180 Å². The van der Waals surface area contributed by atoms with Crippen LogP contribution in [0.15, 0.2) is 64.3 Å². The Hall–Kier alpha value is -3.54. The fourth-order valence-corrected chi connectivity index (χ4v) is 4.80. The second-order valence-electron chi connectivity index (χ2n) is 8.00. The quantitative estimate of drug-likeness (QED) is 0.648. The molecule has 1 N–H and O–H groups in total. The number of ketones is 1. The molecule has 2 heterocycles. The van der Waals surface area contributed by atoms with Crippen molar-refractivity contribution >= 4 is 11.7 Å². The number of methoxy groups -OCH3 is 2. The molecule has 1 aliphatic carbocycles. The fourth-order valence-electron chi connectivity index (χ4n) is 4.80. The van der Waals surface area contributed by atoms with Crippen LogP contribution in [-0.2, 0) is 4.79 Å². The number of carbonyl (C=O) groups is 1. The van der Waals surface area contributed by atoms with Crippen LogP contribution in [0, 0.1) is 6.92 Å². The van der Waals surface area contributed by atoms with Gasteiger partial charge in [0.25, 0.3) is 0 Å². The van der Waals surface area contributed by atoms with Crippen LogP contribution < -0.4 is 14.8 Å². The van der Waals surface area contributed by atoms with Crippen molar-refractivity contribution in [2.24, 2.45) is 0 Å². The standard InChI is InChI=1S/C25H24N2O4/c1-14-22-23(18-6-4-5-7-21(18)30-3)24-19(26-25(22)31-27-14)12-16(13-20(24)28)15-8-10-17(29-2)11-9-15/h4-11,16,23,26H,12-13H2,1-3H3/t16-,23-/m0/s1. The number of aryl methyl sites for hydroxylation is 1. The maximum absolute atomic E-state index is 13.5. The highest BCUT2D eigenvalue weighted by atomic mass is 16.5. The Balaban J connectivity index is 1.61. The first-order chi connectivity index (χ1) is 15.1. The van der Waals surface area contributed by atoms with Crippen LogP contribution in [0.4, 0.5) is 5.88 Å². The van der Waals surface area contributed by atoms with E-state index in [-0.39, 0.29) is 17.6 Å². The summed E-state index contributed by atoms with van der Waals surface area (Å²) in [5, 5.41) is 7.55. The van der Waals surface area contributed by atoms with Crippen molar-refractivity contribution in [3.63, 3.8) is 0 Å². The van der Waals surface area contributed by atoms with Crippen LogP contribution in [-0.4, -0.2) is 25.2 Å². The van der Waals surface area contributed by atoms with E-state index in [1.54, 1.807) is 14.2 Å². The Bertz CT molecular complexity index is 1180. The van der Waals surface area contributed by atoms with Crippen molar-refractivity contribution in [3.8, 4) is 11.5 Å². The van der Waals surface area contributed by atoms with Crippen molar-refractivity contribution in [1.82, 2.24) is 5.16 Å². The summed E-state index contributed by atoms with van der Waals surface area (Å²) in [6, 6.07) is 15.8. The summed E-state index contributed by atoms with van der Waals surface area (Å²) in [5.41, 5.74) is 5.43. The lowest BCUT2D eigenvalue weighted by Crippen LogP contribution is -2.29. The fraction of sp³-hybridized carbons (Fsp3) is 0.280. The maximum Gasteiger partial charge on any atom is 0.233 e. The van der Waals surface area contributed by atoms with E-state index < -0.39 is 0 Å². The van der Waals surface area contributed by atoms with Gasteiger partial charge in [0, 0.05) is 23.3 Å². The number of nitrogens with zero attached hydrogens (tertiary/aromatic N) is 1. The number of hydrogen-bond donors (Lipinski definition) is 1. The Morgan fingerprint density at radius 1 is 1.03 bits per heavy atom. The van der Waals surface area contributed by atoms with E-state index in [9.17, 15) is 4.79 Å². The molecule has 5 rings (SSSR count). The second kappa shape index (κ2) is 7.61. The van der Waals surface area contributed by atoms with Crippen LogP contribution in [0.5, 0.6) is 11.5 Å². The molecular formula is C25H24N2O4. The molecule has 3 aromatic rings. The number of para-hydroxylation sites is 1. The zero-order valence-corrected chi connectivity index (χ0v) is 17.8. The average Bonchev–Trinajstić information content (AvgIpc) is 3.17. The SMILES string of the molecule is COc1ccc([C@@H]2CC(=O)C3=C(C2)Nc2onc(C)c2[C@@H]3c2ccccc2OC)cc1. The highest BCUT2D eigenvalue weighted by Gasteiger charge is 2.42. The molecule has 6 nitrogen and oxygen atoms in total. The summed E-state index contributed by atoms with van der Waals surface area (Å²) in [5.74, 6) is 2.12. The predicted molar refractivity (Wildman–Crippen MR) is 117 cm³/mol. The molecule has 158 valence electrons. The molecule has 0 radical (unpaired) electrons. The lowest BCUT2D eigenvalue weighted by Gasteiger charge is -2.34. The number of aromatic nitrogens is 1. The first-order valence-corrected chi connectivity index (χ1v) is 10.4. The summed E-state index contributed by atoms with van der Waals surface area (Å²) in [7, 11) is 3.30. The van der Waals surface area contributed by atoms with Gasteiger partial charge in [0.1, 0.15) is 11.5 Å². The third kappa shape index (κ3) is 3.19. The van der Waals surface area contributed by atoms with E-state index in [4.69, 9.17) is 14.0 Å². The molecule has 0 spiro atoms. The number of hydrogen-bond acceptors (Lipinski definition) is 6. The minimum absolute atomic E-state index is 0.0912. The number of allylic oxidation sites excluding steroid dienone is 2. The molecule has 0 bridgehead atoms. The molecule has 6 heteroatoms. The summed E-state index contributed by atoms with van der Waals surface area (Å²) in [4.78, 5) is 13.5. The van der Waals surface area contributed by atoms with Crippen molar-refractivity contribution in [3.05, 3.63) is 82.2 Å². The van der Waals surface area contributed by atoms with Crippen molar-refractivity contribution in [2.75, 3.05) is 19.5 Å². The van der Waals surface area contributed by atoms with Gasteiger partial charge in [-0.25, -0.2) is 0 Å². The molecule has 0 saturated carbocycles. The van der Waals surface area contributed by atoms with Crippen LogP contribution >= 0.6 is 0 Å². The zero-order chi connectivity index (χ0) is 21.5. The van der Waals surface area contributed by atoms with Crippen LogP contribution in [0.3, 0.4) is 0 Å². The number of fused-ring (bicyclic) bond motifs is 1. The van der Waals surface area contributed by atoms with Gasteiger partial charge in [0.05, 0.1) is 31.4 Å². The van der Waals surface area contributed by atoms with Gasteiger partial charge in [-0.15, -0.1) is 0 Å². The molecule has 1 aliphatic heterocycles. The molecule has 31 heavy (non-hydrogen) atoms. The third-order valence-corrected chi connectivity index (χ3v) is 6.30. The van der Waals surface area contributed by atoms with Crippen molar-refractivity contribution in [2.45, 2.75) is 31.6 Å². The molecule has 0 saturated heterocycles. The molecule has 1 aromatic heterocycles. The van der Waals surface area contributed by atoms with Gasteiger partial charge < -0.3 is 19.3 Å². The van der Waals surface area contributed by atoms with Gasteiger partial charge in [-0.1, -0.05) is 35.5 Å². The molecule has 2 aromatic carbocycles. The monoisotopic (exact) mass is 416 g/mol. The van der Waals surface area contributed by atoms with E-state index in [0.717, 1.165) is 51.6 Å². The summed E-state index contributed by atoms with van der Waals surface area (Å²) >= 11 is 0. The lowest BCUT2D eigenvalue weighted by molar-refractivity contribution is -0.116. The van der Waals surface area contributed by atoms with Crippen LogP contribution in [0.1, 0.15) is 47.1 Å². The van der Waals surface area contributed by atoms with E-state index >= 15 is 0 Å². The van der Waals surface area contributed by atoms with Gasteiger partial charge in [0.2, 0.25) is 5.88 Å². The predicted octanol–water partition coefficient (Wildman–Crippen LogP) is 4.96. The Kier molecular flexibility index (Phi) is 4.77. The molecule has 0 unspecified atom stereocenters. The van der Waals surface area contributed by atoms with Crippen molar-refractivity contribution < 1.29 is 18.8 Å². The van der Waals surface area contributed by atoms with Gasteiger partial charge >= 0.3 is 0 Å². The molecule has 0 amide bonds. The van der Waals surface area contributed by atoms with Crippen molar-refractivity contribution in [1.29, 1.82) is 0 Å². The van der Waals surface area contributed by atoms with Gasteiger partial charge in [-0.05, 0) is 43.0 Å². The number of anilines is 1. The Morgan fingerprint density at radius 3 is 2.55 bits per heavy atom. The van der Waals surface area contributed by atoms with Gasteiger partial charge in [-0.3, -0.25) is 4.79 Å². The third-order valence-electron chi connectivity index (χ3n) is 6.30. The zero-order valence-electron chi connectivity index (χ0n) is 17.8. The van der Waals surface area contributed by atoms with Gasteiger partial charge in [0.15, 0.2) is 5.78 Å². The van der Waals surface area contributed by atoms with E-state index in [0.29, 0.717) is 12.3 Å². The molecule has 2 aliphatic rings. The topological polar surface area (TPSA) is 73.6 Å². The largest absolute Gasteiger partial charge is 0.497 e. The highest BCUT2D eigenvalue weighted by molar-refractivity contribution is 6.01. The normalized spacial score (nSPS) is 20.0.